The Morgan fingerprint density at radius 2 is 2.19 bits per heavy atom. The second-order valence-electron chi connectivity index (χ2n) is 5.10. The van der Waals surface area contributed by atoms with Gasteiger partial charge in [0.2, 0.25) is 0 Å². The lowest BCUT2D eigenvalue weighted by Gasteiger charge is -2.29. The van der Waals surface area contributed by atoms with Crippen molar-refractivity contribution < 1.29 is 4.74 Å². The number of hydrogen-bond donors (Lipinski definition) is 1. The average molecular weight is 242 g/mol. The highest BCUT2D eigenvalue weighted by molar-refractivity contribution is 7.09. The number of thiazole rings is 1. The topological polar surface area (TPSA) is 34.1 Å². The molecule has 0 aliphatic rings. The van der Waals surface area contributed by atoms with Crippen molar-refractivity contribution in [3.05, 3.63) is 16.1 Å². The van der Waals surface area contributed by atoms with Crippen LogP contribution >= 0.6 is 11.3 Å². The van der Waals surface area contributed by atoms with E-state index in [0.717, 1.165) is 23.8 Å². The molecule has 0 spiro atoms. The summed E-state index contributed by atoms with van der Waals surface area (Å²) >= 11 is 1.70. The molecule has 0 saturated heterocycles. The van der Waals surface area contributed by atoms with Gasteiger partial charge in [0.25, 0.3) is 0 Å². The zero-order chi connectivity index (χ0) is 12.2. The number of methoxy groups -OCH3 is 1. The molecule has 1 aromatic heterocycles. The summed E-state index contributed by atoms with van der Waals surface area (Å²) in [6.07, 6.45) is 0.230. The molecule has 1 unspecified atom stereocenters. The molecule has 0 fully saturated rings. The van der Waals surface area contributed by atoms with Gasteiger partial charge in [-0.05, 0) is 12.3 Å². The maximum atomic E-state index is 5.48. The Hall–Kier alpha value is -0.450. The summed E-state index contributed by atoms with van der Waals surface area (Å²) in [7, 11) is 1.77. The summed E-state index contributed by atoms with van der Waals surface area (Å²) in [5, 5.41) is 6.61. The molecule has 3 nitrogen and oxygen atoms in total. The summed E-state index contributed by atoms with van der Waals surface area (Å²) < 4.78 is 5.48. The smallest absolute Gasteiger partial charge is 0.107 e. The van der Waals surface area contributed by atoms with E-state index < -0.39 is 0 Å². The van der Waals surface area contributed by atoms with Crippen LogP contribution in [0.5, 0.6) is 0 Å². The van der Waals surface area contributed by atoms with Crippen LogP contribution in [0.15, 0.2) is 5.38 Å². The highest BCUT2D eigenvalue weighted by Gasteiger charge is 2.23. The van der Waals surface area contributed by atoms with E-state index in [9.17, 15) is 0 Å². The molecular formula is C12H22N2OS. The zero-order valence-electron chi connectivity index (χ0n) is 10.8. The fourth-order valence-corrected chi connectivity index (χ4v) is 2.28. The van der Waals surface area contributed by atoms with E-state index in [1.165, 1.54) is 0 Å². The second-order valence-corrected chi connectivity index (χ2v) is 6.05. The second kappa shape index (κ2) is 5.75. The molecule has 0 aliphatic heterocycles. The van der Waals surface area contributed by atoms with Gasteiger partial charge in [0, 0.05) is 31.3 Å². The minimum Gasteiger partial charge on any atom is -0.380 e. The summed E-state index contributed by atoms with van der Waals surface area (Å²) in [5.74, 6) is 0. The molecule has 4 heteroatoms. The quantitative estimate of drug-likeness (QED) is 0.862. The number of nitrogens with one attached hydrogen (secondary N) is 1. The summed E-state index contributed by atoms with van der Waals surface area (Å²) in [4.78, 5) is 4.41. The molecule has 0 amide bonds. The maximum absolute atomic E-state index is 5.48. The molecule has 0 aromatic carbocycles. The van der Waals surface area contributed by atoms with Crippen molar-refractivity contribution in [3.8, 4) is 0 Å². The van der Waals surface area contributed by atoms with Crippen LogP contribution in [0.25, 0.3) is 0 Å². The fourth-order valence-electron chi connectivity index (χ4n) is 1.54. The lowest BCUT2D eigenvalue weighted by molar-refractivity contribution is 0.0173. The van der Waals surface area contributed by atoms with Crippen molar-refractivity contribution in [1.82, 2.24) is 10.3 Å². The Balaban J connectivity index is 2.34. The van der Waals surface area contributed by atoms with Crippen LogP contribution in [0, 0.1) is 12.3 Å². The van der Waals surface area contributed by atoms with Crippen LogP contribution in [0.2, 0.25) is 0 Å². The van der Waals surface area contributed by atoms with Gasteiger partial charge in [0.15, 0.2) is 0 Å². The van der Waals surface area contributed by atoms with Crippen LogP contribution in [-0.4, -0.2) is 24.7 Å². The van der Waals surface area contributed by atoms with Crippen molar-refractivity contribution in [3.63, 3.8) is 0 Å². The fraction of sp³-hybridized carbons (Fsp3) is 0.750. The van der Waals surface area contributed by atoms with E-state index in [1.54, 1.807) is 18.4 Å². The number of hydrogen-bond acceptors (Lipinski definition) is 4. The van der Waals surface area contributed by atoms with E-state index in [0.29, 0.717) is 0 Å². The Morgan fingerprint density at radius 1 is 1.50 bits per heavy atom. The third-order valence-corrected chi connectivity index (χ3v) is 3.49. The monoisotopic (exact) mass is 242 g/mol. The Labute approximate surface area is 102 Å². The maximum Gasteiger partial charge on any atom is 0.107 e. The highest BCUT2D eigenvalue weighted by Crippen LogP contribution is 2.21. The van der Waals surface area contributed by atoms with Gasteiger partial charge in [-0.2, -0.15) is 0 Å². The lowest BCUT2D eigenvalue weighted by atomic mass is 9.89. The van der Waals surface area contributed by atoms with Gasteiger partial charge in [-0.15, -0.1) is 11.3 Å². The van der Waals surface area contributed by atoms with Gasteiger partial charge in [0.05, 0.1) is 6.10 Å². The number of ether oxygens (including phenoxy) is 1. The first-order chi connectivity index (χ1) is 7.43. The van der Waals surface area contributed by atoms with E-state index in [-0.39, 0.29) is 11.5 Å². The molecular weight excluding hydrogens is 220 g/mol. The number of rotatable bonds is 5. The molecule has 0 bridgehead atoms. The average Bonchev–Trinajstić information content (AvgIpc) is 2.57. The van der Waals surface area contributed by atoms with Crippen LogP contribution in [0.4, 0.5) is 0 Å². The molecule has 1 heterocycles. The third kappa shape index (κ3) is 4.20. The minimum absolute atomic E-state index is 0.167. The Kier molecular flexibility index (Phi) is 4.89. The van der Waals surface area contributed by atoms with Crippen LogP contribution in [0.3, 0.4) is 0 Å². The first-order valence-electron chi connectivity index (χ1n) is 5.58. The van der Waals surface area contributed by atoms with Crippen molar-refractivity contribution >= 4 is 11.3 Å². The predicted octanol–water partition coefficient (Wildman–Crippen LogP) is 2.60. The molecule has 1 N–H and O–H groups in total. The van der Waals surface area contributed by atoms with Gasteiger partial charge in [-0.25, -0.2) is 4.98 Å². The van der Waals surface area contributed by atoms with Crippen LogP contribution < -0.4 is 5.32 Å². The van der Waals surface area contributed by atoms with Crippen molar-refractivity contribution in [2.45, 2.75) is 40.3 Å². The van der Waals surface area contributed by atoms with E-state index in [4.69, 9.17) is 4.74 Å². The van der Waals surface area contributed by atoms with Crippen LogP contribution in [0.1, 0.15) is 31.5 Å². The number of nitrogens with zero attached hydrogens (tertiary/aromatic N) is 1. The highest BCUT2D eigenvalue weighted by atomic mass is 32.1. The summed E-state index contributed by atoms with van der Waals surface area (Å²) in [5.41, 5.74) is 1.27. The van der Waals surface area contributed by atoms with Crippen LogP contribution in [-0.2, 0) is 11.3 Å². The molecule has 1 rings (SSSR count). The minimum atomic E-state index is 0.167. The largest absolute Gasteiger partial charge is 0.380 e. The summed E-state index contributed by atoms with van der Waals surface area (Å²) in [6.45, 7) is 10.3. The molecule has 0 saturated carbocycles. The van der Waals surface area contributed by atoms with Gasteiger partial charge in [-0.1, -0.05) is 20.8 Å². The van der Waals surface area contributed by atoms with Crippen molar-refractivity contribution in [2.75, 3.05) is 13.7 Å². The molecule has 1 atom stereocenters. The normalized spacial score (nSPS) is 14.1. The first-order valence-corrected chi connectivity index (χ1v) is 6.46. The Bertz CT molecular complexity index is 317. The number of aromatic nitrogens is 1. The zero-order valence-corrected chi connectivity index (χ0v) is 11.6. The van der Waals surface area contributed by atoms with Crippen molar-refractivity contribution in [1.29, 1.82) is 0 Å². The molecule has 92 valence electrons. The van der Waals surface area contributed by atoms with E-state index in [2.05, 4.69) is 36.5 Å². The lowest BCUT2D eigenvalue weighted by Crippen LogP contribution is -2.37. The van der Waals surface area contributed by atoms with E-state index >= 15 is 0 Å². The SMILES string of the molecule is COC(CNCc1nc(C)cs1)C(C)(C)C. The summed E-state index contributed by atoms with van der Waals surface area (Å²) in [6, 6.07) is 0. The number of aryl methyl sites for hydroxylation is 1. The molecule has 0 radical (unpaired) electrons. The van der Waals surface area contributed by atoms with E-state index in [1.807, 2.05) is 6.92 Å². The van der Waals surface area contributed by atoms with Crippen molar-refractivity contribution in [2.24, 2.45) is 5.41 Å². The van der Waals surface area contributed by atoms with Gasteiger partial charge in [0.1, 0.15) is 5.01 Å². The molecule has 16 heavy (non-hydrogen) atoms. The first kappa shape index (κ1) is 13.6. The standard InChI is InChI=1S/C12H22N2OS/c1-9-8-16-11(14-9)7-13-6-10(15-5)12(2,3)4/h8,10,13H,6-7H2,1-5H3. The van der Waals surface area contributed by atoms with Gasteiger partial charge < -0.3 is 10.1 Å². The Morgan fingerprint density at radius 3 is 2.62 bits per heavy atom. The van der Waals surface area contributed by atoms with Gasteiger partial charge >= 0.3 is 0 Å². The molecule has 1 aromatic rings. The van der Waals surface area contributed by atoms with Gasteiger partial charge in [-0.3, -0.25) is 0 Å². The third-order valence-electron chi connectivity index (χ3n) is 2.52. The molecule has 0 aliphatic carbocycles. The predicted molar refractivity (Wildman–Crippen MR) is 68.8 cm³/mol.